The Morgan fingerprint density at radius 3 is 0.579 bits per heavy atom. The number of hydrogen-bond donors (Lipinski definition) is 2. The van der Waals surface area contributed by atoms with Crippen LogP contribution < -0.4 is 11.5 Å². The molecule has 0 saturated carbocycles. The van der Waals surface area contributed by atoms with Crippen molar-refractivity contribution in [3.8, 4) is 0 Å². The van der Waals surface area contributed by atoms with Crippen molar-refractivity contribution in [2.24, 2.45) is 0 Å². The molecule has 0 fully saturated rings. The third kappa shape index (κ3) is 38.1. The van der Waals surface area contributed by atoms with Gasteiger partial charge in [-0.15, -0.1) is 0 Å². The molecule has 0 rings (SSSR count). The summed E-state index contributed by atoms with van der Waals surface area (Å²) in [5.74, 6) is 0. The third-order valence-corrected chi connectivity index (χ3v) is 8.41. The van der Waals surface area contributed by atoms with Gasteiger partial charge in [0.25, 0.3) is 0 Å². The molecule has 2 heteroatoms. The molecular formula is C36H78N2. The highest BCUT2D eigenvalue weighted by atomic mass is 14.8. The fourth-order valence-corrected chi connectivity index (χ4v) is 5.72. The van der Waals surface area contributed by atoms with Gasteiger partial charge in [0.05, 0.1) is 0 Å². The van der Waals surface area contributed by atoms with E-state index in [1.807, 2.05) is 0 Å². The summed E-state index contributed by atoms with van der Waals surface area (Å²) in [6.07, 6.45) is 46.7. The average Bonchev–Trinajstić information content (AvgIpc) is 2.91. The van der Waals surface area contributed by atoms with Crippen molar-refractivity contribution in [2.45, 2.75) is 219 Å². The smallest absolute Gasteiger partial charge is 0.00489 e. The molecule has 0 heterocycles. The minimum absolute atomic E-state index is 0. The summed E-state index contributed by atoms with van der Waals surface area (Å²) in [6.45, 7) is 7.11. The van der Waals surface area contributed by atoms with Gasteiger partial charge in [-0.3, -0.25) is 0 Å². The van der Waals surface area contributed by atoms with Gasteiger partial charge in [-0.05, 0) is 25.9 Å². The van der Waals surface area contributed by atoms with E-state index in [4.69, 9.17) is 0 Å². The zero-order chi connectivity index (χ0) is 26.7. The van der Waals surface area contributed by atoms with Crippen LogP contribution >= 0.6 is 0 Å². The van der Waals surface area contributed by atoms with Crippen molar-refractivity contribution in [2.75, 3.05) is 13.1 Å². The molecule has 0 radical (unpaired) electrons. The van der Waals surface area contributed by atoms with Crippen molar-refractivity contribution >= 4 is 0 Å². The maximum atomic E-state index is 3.68. The summed E-state index contributed by atoms with van der Waals surface area (Å²) < 4.78 is 0. The molecule has 0 spiro atoms. The number of nitrogens with one attached hydrogen (secondary N) is 1. The normalized spacial score (nSPS) is 11.2. The van der Waals surface area contributed by atoms with Gasteiger partial charge in [0.2, 0.25) is 0 Å². The second-order valence-electron chi connectivity index (χ2n) is 12.4. The monoisotopic (exact) mass is 539 g/mol. The molecule has 0 aliphatic rings. The molecule has 4 N–H and O–H groups in total. The molecule has 0 unspecified atom stereocenters. The zero-order valence-corrected chi connectivity index (χ0v) is 27.2. The third-order valence-electron chi connectivity index (χ3n) is 8.41. The lowest BCUT2D eigenvalue weighted by molar-refractivity contribution is 0.515. The van der Waals surface area contributed by atoms with Crippen molar-refractivity contribution < 1.29 is 0 Å². The Balaban J connectivity index is 0. The van der Waals surface area contributed by atoms with Crippen molar-refractivity contribution in [1.29, 1.82) is 0 Å². The summed E-state index contributed by atoms with van der Waals surface area (Å²) in [5.41, 5.74) is 0. The van der Waals surface area contributed by atoms with Gasteiger partial charge in [-0.1, -0.05) is 206 Å². The first-order valence-corrected chi connectivity index (χ1v) is 18.1. The topological polar surface area (TPSA) is 47.0 Å². The van der Waals surface area contributed by atoms with E-state index in [0.29, 0.717) is 0 Å². The van der Waals surface area contributed by atoms with Crippen LogP contribution in [0.15, 0.2) is 0 Å². The number of unbranched alkanes of at least 4 members (excludes halogenated alkanes) is 30. The van der Waals surface area contributed by atoms with E-state index in [0.717, 1.165) is 0 Å². The lowest BCUT2D eigenvalue weighted by Crippen LogP contribution is -2.16. The van der Waals surface area contributed by atoms with Crippen LogP contribution in [0.3, 0.4) is 0 Å². The summed E-state index contributed by atoms with van der Waals surface area (Å²) in [5, 5.41) is 3.68. The minimum Gasteiger partial charge on any atom is -0.344 e. The van der Waals surface area contributed by atoms with Gasteiger partial charge in [0.15, 0.2) is 0 Å². The van der Waals surface area contributed by atoms with Crippen LogP contribution in [0.2, 0.25) is 0 Å². The number of hydrogen-bond acceptors (Lipinski definition) is 2. The molecule has 2 nitrogen and oxygen atoms in total. The SMILES string of the molecule is CCCCCCCCCCCCCCCCCCNCCCCCCCCCCCCCCCCCC.N. The van der Waals surface area contributed by atoms with Gasteiger partial charge in [-0.2, -0.15) is 0 Å². The van der Waals surface area contributed by atoms with Crippen LogP contribution in [0.5, 0.6) is 0 Å². The average molecular weight is 539 g/mol. The largest absolute Gasteiger partial charge is 0.344 e. The first-order chi connectivity index (χ1) is 18.4. The van der Waals surface area contributed by atoms with Gasteiger partial charge < -0.3 is 11.5 Å². The van der Waals surface area contributed by atoms with Crippen LogP contribution in [0.4, 0.5) is 0 Å². The van der Waals surface area contributed by atoms with Crippen molar-refractivity contribution in [1.82, 2.24) is 11.5 Å². The molecule has 0 aromatic rings. The Hall–Kier alpha value is -0.0800. The fourth-order valence-electron chi connectivity index (χ4n) is 5.72. The maximum Gasteiger partial charge on any atom is -0.00489 e. The molecule has 0 aromatic heterocycles. The Morgan fingerprint density at radius 2 is 0.395 bits per heavy atom. The highest BCUT2D eigenvalue weighted by molar-refractivity contribution is 4.54. The van der Waals surface area contributed by atoms with E-state index in [2.05, 4.69) is 19.2 Å². The molecule has 0 amide bonds. The lowest BCUT2D eigenvalue weighted by Gasteiger charge is -2.06. The van der Waals surface area contributed by atoms with Crippen LogP contribution in [0, 0.1) is 0 Å². The van der Waals surface area contributed by atoms with Gasteiger partial charge >= 0.3 is 0 Å². The lowest BCUT2D eigenvalue weighted by atomic mass is 10.0. The Labute approximate surface area is 243 Å². The van der Waals surface area contributed by atoms with E-state index >= 15 is 0 Å². The van der Waals surface area contributed by atoms with E-state index in [-0.39, 0.29) is 6.15 Å². The van der Waals surface area contributed by atoms with E-state index in [1.165, 1.54) is 219 Å². The molecule has 0 bridgehead atoms. The molecule has 0 saturated heterocycles. The predicted octanol–water partition coefficient (Wildman–Crippen LogP) is 13.3. The molecular weight excluding hydrogens is 460 g/mol. The van der Waals surface area contributed by atoms with Crippen LogP contribution in [0.1, 0.15) is 219 Å². The number of rotatable bonds is 34. The Bertz CT molecular complexity index is 336. The molecule has 0 aromatic carbocycles. The van der Waals surface area contributed by atoms with E-state index < -0.39 is 0 Å². The summed E-state index contributed by atoms with van der Waals surface area (Å²) in [7, 11) is 0. The van der Waals surface area contributed by atoms with E-state index in [9.17, 15) is 0 Å². The molecule has 0 atom stereocenters. The zero-order valence-electron chi connectivity index (χ0n) is 27.2. The molecule has 232 valence electrons. The van der Waals surface area contributed by atoms with Crippen molar-refractivity contribution in [3.63, 3.8) is 0 Å². The first-order valence-electron chi connectivity index (χ1n) is 18.1. The predicted molar refractivity (Wildman–Crippen MR) is 177 cm³/mol. The van der Waals surface area contributed by atoms with Gasteiger partial charge in [-0.25, -0.2) is 0 Å². The highest BCUT2D eigenvalue weighted by Crippen LogP contribution is 2.15. The standard InChI is InChI=1S/C36H75N.H3N/c1-3-5-7-9-11-13-15-17-19-21-23-25-27-29-31-33-35-37-36-34-32-30-28-26-24-22-20-18-16-14-12-10-8-6-4-2;/h37H,3-36H2,1-2H3;1H3. The quantitative estimate of drug-likeness (QED) is 0.0800. The van der Waals surface area contributed by atoms with Gasteiger partial charge in [0.1, 0.15) is 0 Å². The highest BCUT2D eigenvalue weighted by Gasteiger charge is 1.97. The van der Waals surface area contributed by atoms with E-state index in [1.54, 1.807) is 0 Å². The fraction of sp³-hybridized carbons (Fsp3) is 1.00. The minimum atomic E-state index is 0. The Morgan fingerprint density at radius 1 is 0.237 bits per heavy atom. The van der Waals surface area contributed by atoms with Gasteiger partial charge in [0, 0.05) is 0 Å². The second kappa shape index (κ2) is 39.1. The summed E-state index contributed by atoms with van der Waals surface area (Å²) in [6, 6.07) is 0. The second-order valence-corrected chi connectivity index (χ2v) is 12.4. The van der Waals surface area contributed by atoms with Crippen molar-refractivity contribution in [3.05, 3.63) is 0 Å². The van der Waals surface area contributed by atoms with Crippen LogP contribution in [-0.4, -0.2) is 13.1 Å². The van der Waals surface area contributed by atoms with Crippen LogP contribution in [-0.2, 0) is 0 Å². The summed E-state index contributed by atoms with van der Waals surface area (Å²) >= 11 is 0. The Kier molecular flexibility index (Phi) is 41.2. The van der Waals surface area contributed by atoms with Crippen LogP contribution in [0.25, 0.3) is 0 Å². The molecule has 38 heavy (non-hydrogen) atoms. The molecule has 0 aliphatic carbocycles. The maximum absolute atomic E-state index is 3.68. The molecule has 0 aliphatic heterocycles. The summed E-state index contributed by atoms with van der Waals surface area (Å²) in [4.78, 5) is 0. The first kappa shape index (κ1) is 40.1.